The molecule has 2 fully saturated rings. The largest absolute Gasteiger partial charge is 0.353 e. The van der Waals surface area contributed by atoms with Crippen LogP contribution in [0.3, 0.4) is 0 Å². The molecular formula is C14H23N5OS. The predicted octanol–water partition coefficient (Wildman–Crippen LogP) is 0.261. The molecule has 1 saturated carbocycles. The molecule has 116 valence electrons. The molecule has 2 aliphatic rings. The van der Waals surface area contributed by atoms with E-state index in [-0.39, 0.29) is 11.9 Å². The Morgan fingerprint density at radius 1 is 1.43 bits per heavy atom. The fourth-order valence-electron chi connectivity index (χ4n) is 2.74. The summed E-state index contributed by atoms with van der Waals surface area (Å²) in [5.74, 6) is 0.148. The number of nitrogens with one attached hydrogen (secondary N) is 1. The molecule has 2 heterocycles. The topological polar surface area (TPSA) is 74.5 Å². The third-order valence-electron chi connectivity index (χ3n) is 4.16. The highest BCUT2D eigenvalue weighted by Crippen LogP contribution is 2.21. The Kier molecular flexibility index (Phi) is 4.72. The second-order valence-electron chi connectivity index (χ2n) is 5.77. The van der Waals surface area contributed by atoms with Crippen molar-refractivity contribution >= 4 is 22.4 Å². The lowest BCUT2D eigenvalue weighted by Crippen LogP contribution is -2.53. The van der Waals surface area contributed by atoms with E-state index in [1.165, 1.54) is 0 Å². The van der Waals surface area contributed by atoms with Gasteiger partial charge in [0.1, 0.15) is 0 Å². The number of carbonyl (C=O) groups excluding carboxylic acids is 1. The average Bonchev–Trinajstić information content (AvgIpc) is 3.15. The van der Waals surface area contributed by atoms with E-state index in [0.29, 0.717) is 19.0 Å². The molecule has 6 nitrogen and oxygen atoms in total. The van der Waals surface area contributed by atoms with Crippen LogP contribution in [0.5, 0.6) is 0 Å². The number of amides is 1. The van der Waals surface area contributed by atoms with Gasteiger partial charge < -0.3 is 16.0 Å². The second-order valence-corrected chi connectivity index (χ2v) is 6.65. The Morgan fingerprint density at radius 2 is 2.19 bits per heavy atom. The van der Waals surface area contributed by atoms with E-state index in [1.807, 2.05) is 11.6 Å². The highest BCUT2D eigenvalue weighted by molar-refractivity contribution is 7.13. The first-order chi connectivity index (χ1) is 10.3. The molecule has 0 spiro atoms. The van der Waals surface area contributed by atoms with Crippen molar-refractivity contribution in [2.75, 3.05) is 37.6 Å². The average molecular weight is 309 g/mol. The van der Waals surface area contributed by atoms with E-state index in [1.54, 1.807) is 11.3 Å². The van der Waals surface area contributed by atoms with Gasteiger partial charge >= 0.3 is 0 Å². The van der Waals surface area contributed by atoms with Gasteiger partial charge in [-0.1, -0.05) is 0 Å². The number of nitrogens with zero attached hydrogens (tertiary/aromatic N) is 3. The highest BCUT2D eigenvalue weighted by atomic mass is 32.1. The molecule has 1 aliphatic carbocycles. The van der Waals surface area contributed by atoms with Crippen molar-refractivity contribution in [3.8, 4) is 0 Å². The van der Waals surface area contributed by atoms with Crippen LogP contribution in [0.2, 0.25) is 0 Å². The first kappa shape index (κ1) is 14.7. The SMILES string of the molecule is NCC(CC(=O)NC1CC1)N1CCN(c2nccs2)CC1. The standard InChI is InChI=1S/C14H23N5OS/c15-10-12(9-13(20)17-11-1-2-11)18-4-6-19(7-5-18)14-16-3-8-21-14/h3,8,11-12H,1-2,4-7,9-10,15H2,(H,17,20). The van der Waals surface area contributed by atoms with Gasteiger partial charge in [-0.3, -0.25) is 9.69 Å². The molecule has 1 aromatic heterocycles. The van der Waals surface area contributed by atoms with Crippen LogP contribution >= 0.6 is 11.3 Å². The Morgan fingerprint density at radius 3 is 2.76 bits per heavy atom. The van der Waals surface area contributed by atoms with Crippen LogP contribution in [0.25, 0.3) is 0 Å². The van der Waals surface area contributed by atoms with Gasteiger partial charge in [-0.2, -0.15) is 0 Å². The molecule has 1 aromatic rings. The molecule has 1 aliphatic heterocycles. The summed E-state index contributed by atoms with van der Waals surface area (Å²) in [6.07, 6.45) is 4.62. The van der Waals surface area contributed by atoms with Gasteiger partial charge in [0.25, 0.3) is 0 Å². The maximum absolute atomic E-state index is 11.9. The summed E-state index contributed by atoms with van der Waals surface area (Å²) in [6.45, 7) is 4.33. The third kappa shape index (κ3) is 3.93. The number of nitrogens with two attached hydrogens (primary N) is 1. The zero-order valence-corrected chi connectivity index (χ0v) is 13.0. The van der Waals surface area contributed by atoms with Crippen molar-refractivity contribution in [3.63, 3.8) is 0 Å². The summed E-state index contributed by atoms with van der Waals surface area (Å²) in [6, 6.07) is 0.583. The van der Waals surface area contributed by atoms with Crippen molar-refractivity contribution in [3.05, 3.63) is 11.6 Å². The zero-order valence-electron chi connectivity index (χ0n) is 12.2. The van der Waals surface area contributed by atoms with Gasteiger partial charge in [-0.05, 0) is 12.8 Å². The highest BCUT2D eigenvalue weighted by Gasteiger charge is 2.28. The molecule has 21 heavy (non-hydrogen) atoms. The molecule has 1 atom stereocenters. The Hall–Kier alpha value is -1.18. The minimum Gasteiger partial charge on any atom is -0.353 e. The maximum Gasteiger partial charge on any atom is 0.221 e. The van der Waals surface area contributed by atoms with E-state index in [2.05, 4.69) is 20.1 Å². The number of hydrogen-bond donors (Lipinski definition) is 2. The van der Waals surface area contributed by atoms with E-state index < -0.39 is 0 Å². The summed E-state index contributed by atoms with van der Waals surface area (Å²) in [5.41, 5.74) is 5.88. The predicted molar refractivity (Wildman–Crippen MR) is 84.5 cm³/mol. The van der Waals surface area contributed by atoms with Crippen LogP contribution in [-0.4, -0.2) is 60.6 Å². The van der Waals surface area contributed by atoms with Crippen molar-refractivity contribution in [1.82, 2.24) is 15.2 Å². The molecule has 3 rings (SSSR count). The van der Waals surface area contributed by atoms with E-state index in [4.69, 9.17) is 5.73 Å². The Labute approximate surface area is 129 Å². The number of rotatable bonds is 6. The fraction of sp³-hybridized carbons (Fsp3) is 0.714. The molecule has 0 aromatic carbocycles. The smallest absolute Gasteiger partial charge is 0.221 e. The van der Waals surface area contributed by atoms with E-state index in [0.717, 1.165) is 44.2 Å². The molecule has 0 radical (unpaired) electrons. The summed E-state index contributed by atoms with van der Waals surface area (Å²) in [7, 11) is 0. The first-order valence-electron chi connectivity index (χ1n) is 7.64. The van der Waals surface area contributed by atoms with Crippen molar-refractivity contribution in [2.45, 2.75) is 31.3 Å². The summed E-state index contributed by atoms with van der Waals surface area (Å²) >= 11 is 1.68. The lowest BCUT2D eigenvalue weighted by atomic mass is 10.1. The normalized spacial score (nSPS) is 21.3. The number of thiazole rings is 1. The molecule has 7 heteroatoms. The Bertz CT molecular complexity index is 454. The van der Waals surface area contributed by atoms with Crippen LogP contribution in [0.1, 0.15) is 19.3 Å². The number of anilines is 1. The summed E-state index contributed by atoms with van der Waals surface area (Å²) < 4.78 is 0. The number of carbonyl (C=O) groups is 1. The first-order valence-corrected chi connectivity index (χ1v) is 8.52. The fourth-order valence-corrected chi connectivity index (χ4v) is 3.44. The summed E-state index contributed by atoms with van der Waals surface area (Å²) in [4.78, 5) is 20.9. The molecule has 3 N–H and O–H groups in total. The van der Waals surface area contributed by atoms with Gasteiger partial charge in [-0.15, -0.1) is 11.3 Å². The van der Waals surface area contributed by atoms with Crippen LogP contribution < -0.4 is 16.0 Å². The monoisotopic (exact) mass is 309 g/mol. The minimum absolute atomic E-state index is 0.148. The quantitative estimate of drug-likeness (QED) is 0.788. The maximum atomic E-state index is 11.9. The molecule has 1 saturated heterocycles. The Balaban J connectivity index is 1.48. The lowest BCUT2D eigenvalue weighted by Gasteiger charge is -2.38. The molecule has 0 bridgehead atoms. The van der Waals surface area contributed by atoms with Crippen molar-refractivity contribution in [1.29, 1.82) is 0 Å². The lowest BCUT2D eigenvalue weighted by molar-refractivity contribution is -0.122. The van der Waals surface area contributed by atoms with Gasteiger partial charge in [-0.25, -0.2) is 4.98 Å². The van der Waals surface area contributed by atoms with Gasteiger partial charge in [0.15, 0.2) is 5.13 Å². The van der Waals surface area contributed by atoms with Crippen molar-refractivity contribution in [2.24, 2.45) is 5.73 Å². The van der Waals surface area contributed by atoms with Crippen LogP contribution in [0.15, 0.2) is 11.6 Å². The molecular weight excluding hydrogens is 286 g/mol. The van der Waals surface area contributed by atoms with Gasteiger partial charge in [0.2, 0.25) is 5.91 Å². The molecule has 1 unspecified atom stereocenters. The second kappa shape index (κ2) is 6.72. The van der Waals surface area contributed by atoms with Crippen LogP contribution in [0, 0.1) is 0 Å². The van der Waals surface area contributed by atoms with Gasteiger partial charge in [0.05, 0.1) is 0 Å². The van der Waals surface area contributed by atoms with E-state index in [9.17, 15) is 4.79 Å². The zero-order chi connectivity index (χ0) is 14.7. The van der Waals surface area contributed by atoms with Crippen LogP contribution in [-0.2, 0) is 4.79 Å². The molecule has 1 amide bonds. The van der Waals surface area contributed by atoms with Gasteiger partial charge in [0, 0.05) is 62.8 Å². The number of hydrogen-bond acceptors (Lipinski definition) is 6. The van der Waals surface area contributed by atoms with Crippen LogP contribution in [0.4, 0.5) is 5.13 Å². The third-order valence-corrected chi connectivity index (χ3v) is 4.99. The number of aromatic nitrogens is 1. The van der Waals surface area contributed by atoms with Crippen molar-refractivity contribution < 1.29 is 4.79 Å². The summed E-state index contributed by atoms with van der Waals surface area (Å²) in [5, 5.41) is 6.14. The van der Waals surface area contributed by atoms with E-state index >= 15 is 0 Å². The number of piperazine rings is 1. The minimum atomic E-state index is 0.148.